The zero-order valence-corrected chi connectivity index (χ0v) is 20.7. The second kappa shape index (κ2) is 9.80. The van der Waals surface area contributed by atoms with E-state index in [0.717, 1.165) is 31.9 Å². The minimum atomic E-state index is -3.66. The monoisotopic (exact) mass is 495 g/mol. The average Bonchev–Trinajstić information content (AvgIpc) is 2.89. The number of anilines is 1. The Kier molecular flexibility index (Phi) is 6.59. The van der Waals surface area contributed by atoms with Crippen LogP contribution in [0.5, 0.6) is 17.4 Å². The molecule has 0 spiro atoms. The van der Waals surface area contributed by atoms with Crippen molar-refractivity contribution >= 4 is 16.0 Å². The Morgan fingerprint density at radius 2 is 1.63 bits per heavy atom. The van der Waals surface area contributed by atoms with Crippen LogP contribution in [0.15, 0.2) is 59.5 Å². The van der Waals surface area contributed by atoms with E-state index in [0.29, 0.717) is 41.9 Å². The molecule has 5 rings (SSSR count). The third kappa shape index (κ3) is 4.95. The van der Waals surface area contributed by atoms with Gasteiger partial charge in [-0.3, -0.25) is 0 Å². The molecule has 3 heterocycles. The number of methoxy groups -OCH3 is 1. The minimum Gasteiger partial charge on any atom is -0.497 e. The highest BCUT2D eigenvalue weighted by atomic mass is 32.2. The molecular weight excluding hydrogens is 466 g/mol. The number of benzene rings is 2. The van der Waals surface area contributed by atoms with E-state index < -0.39 is 10.0 Å². The highest BCUT2D eigenvalue weighted by molar-refractivity contribution is 7.89. The largest absolute Gasteiger partial charge is 0.497 e. The van der Waals surface area contributed by atoms with Crippen molar-refractivity contribution in [2.24, 2.45) is 0 Å². The summed E-state index contributed by atoms with van der Waals surface area (Å²) in [4.78, 5) is 14.3. The second-order valence-corrected chi connectivity index (χ2v) is 10.7. The lowest BCUT2D eigenvalue weighted by atomic mass is 10.1. The first kappa shape index (κ1) is 23.5. The first-order chi connectivity index (χ1) is 16.9. The van der Waals surface area contributed by atoms with E-state index in [4.69, 9.17) is 19.4 Å². The summed E-state index contributed by atoms with van der Waals surface area (Å²) in [6.45, 7) is 3.99. The molecule has 0 amide bonds. The highest BCUT2D eigenvalue weighted by Crippen LogP contribution is 2.34. The Balaban J connectivity index is 1.51. The number of fused-ring (bicyclic) bond motifs is 1. The van der Waals surface area contributed by atoms with E-state index in [9.17, 15) is 8.42 Å². The van der Waals surface area contributed by atoms with Crippen LogP contribution in [0.2, 0.25) is 0 Å². The Morgan fingerprint density at radius 1 is 0.886 bits per heavy atom. The number of aromatic nitrogens is 2. The Morgan fingerprint density at radius 3 is 2.37 bits per heavy atom. The van der Waals surface area contributed by atoms with Gasteiger partial charge in [0.2, 0.25) is 21.9 Å². The molecule has 0 saturated carbocycles. The number of sulfonamides is 1. The summed E-state index contributed by atoms with van der Waals surface area (Å²) in [5, 5.41) is 0. The number of hydrogen-bond acceptors (Lipinski definition) is 8. The van der Waals surface area contributed by atoms with Gasteiger partial charge >= 0.3 is 0 Å². The summed E-state index contributed by atoms with van der Waals surface area (Å²) in [5.74, 6) is 2.23. The van der Waals surface area contributed by atoms with E-state index in [1.54, 1.807) is 43.5 Å². The molecule has 1 saturated heterocycles. The van der Waals surface area contributed by atoms with Crippen LogP contribution in [0.1, 0.15) is 11.3 Å². The Labute approximate surface area is 206 Å². The van der Waals surface area contributed by atoms with Crippen LogP contribution < -0.4 is 14.4 Å². The summed E-state index contributed by atoms with van der Waals surface area (Å²) in [7, 11) is 0.0465. The molecule has 2 aliphatic rings. The van der Waals surface area contributed by atoms with Crippen LogP contribution in [0.4, 0.5) is 5.95 Å². The third-order valence-electron chi connectivity index (χ3n) is 6.40. The molecule has 184 valence electrons. The number of rotatable bonds is 6. The predicted octanol–water partition coefficient (Wildman–Crippen LogP) is 2.78. The van der Waals surface area contributed by atoms with Crippen molar-refractivity contribution in [2.45, 2.75) is 17.9 Å². The molecule has 0 N–H and O–H groups in total. The van der Waals surface area contributed by atoms with Crippen molar-refractivity contribution in [3.05, 3.63) is 65.9 Å². The van der Waals surface area contributed by atoms with Crippen molar-refractivity contribution in [2.75, 3.05) is 51.8 Å². The summed E-state index contributed by atoms with van der Waals surface area (Å²) < 4.78 is 39.7. The smallest absolute Gasteiger partial charge is 0.243 e. The van der Waals surface area contributed by atoms with Gasteiger partial charge in [-0.2, -0.15) is 9.29 Å². The molecule has 1 aromatic heterocycles. The van der Waals surface area contributed by atoms with Gasteiger partial charge in [0.15, 0.2) is 0 Å². The molecule has 1 fully saturated rings. The molecule has 35 heavy (non-hydrogen) atoms. The molecule has 0 aliphatic carbocycles. The average molecular weight is 496 g/mol. The van der Waals surface area contributed by atoms with Gasteiger partial charge in [0.05, 0.1) is 23.3 Å². The Bertz CT molecular complexity index is 1290. The molecule has 3 aromatic rings. The summed E-state index contributed by atoms with van der Waals surface area (Å²) in [6, 6.07) is 15.8. The van der Waals surface area contributed by atoms with Crippen molar-refractivity contribution in [3.8, 4) is 17.4 Å². The fourth-order valence-corrected chi connectivity index (χ4v) is 5.73. The maximum Gasteiger partial charge on any atom is 0.243 e. The molecule has 2 aromatic carbocycles. The lowest BCUT2D eigenvalue weighted by molar-refractivity contribution is 0.310. The normalized spacial score (nSPS) is 17.1. The van der Waals surface area contributed by atoms with Gasteiger partial charge in [-0.1, -0.05) is 24.3 Å². The number of piperazine rings is 1. The molecule has 0 atom stereocenters. The topological polar surface area (TPSA) is 88.1 Å². The lowest BCUT2D eigenvalue weighted by Gasteiger charge is -2.34. The van der Waals surface area contributed by atoms with Crippen LogP contribution >= 0.6 is 0 Å². The number of hydrogen-bond donors (Lipinski definition) is 0. The maximum atomic E-state index is 13.3. The number of likely N-dealkylation sites (N-methyl/N-ethyl adjacent to an activating group) is 1. The van der Waals surface area contributed by atoms with Crippen LogP contribution in [0.3, 0.4) is 0 Å². The highest BCUT2D eigenvalue weighted by Gasteiger charge is 2.32. The quantitative estimate of drug-likeness (QED) is 0.516. The van der Waals surface area contributed by atoms with E-state index in [-0.39, 0.29) is 11.4 Å². The summed E-state index contributed by atoms with van der Waals surface area (Å²) in [5.41, 5.74) is 1.52. The van der Waals surface area contributed by atoms with Gasteiger partial charge in [-0.05, 0) is 31.3 Å². The zero-order valence-electron chi connectivity index (χ0n) is 19.9. The number of ether oxygens (including phenoxy) is 2. The van der Waals surface area contributed by atoms with Crippen molar-refractivity contribution in [1.82, 2.24) is 19.2 Å². The van der Waals surface area contributed by atoms with Gasteiger partial charge < -0.3 is 19.3 Å². The van der Waals surface area contributed by atoms with E-state index >= 15 is 0 Å². The third-order valence-corrected chi connectivity index (χ3v) is 8.26. The van der Waals surface area contributed by atoms with Crippen LogP contribution in [0.25, 0.3) is 0 Å². The first-order valence-corrected chi connectivity index (χ1v) is 13.1. The first-order valence-electron chi connectivity index (χ1n) is 11.6. The van der Waals surface area contributed by atoms with E-state index in [1.807, 2.05) is 18.2 Å². The van der Waals surface area contributed by atoms with Gasteiger partial charge in [0.1, 0.15) is 11.5 Å². The maximum absolute atomic E-state index is 13.3. The fourth-order valence-electron chi connectivity index (χ4n) is 4.30. The van der Waals surface area contributed by atoms with Crippen LogP contribution in [0, 0.1) is 0 Å². The van der Waals surface area contributed by atoms with Gasteiger partial charge in [-0.25, -0.2) is 13.4 Å². The molecule has 0 radical (unpaired) electrons. The van der Waals surface area contributed by atoms with E-state index in [1.165, 1.54) is 4.31 Å². The summed E-state index contributed by atoms with van der Waals surface area (Å²) in [6.07, 6.45) is 0.485. The SMILES string of the molecule is COc1cccc(Oc2nc(N3CCN(C)CC3)nc3c2CN(S(=O)(=O)c2ccccc2)CC3)c1. The van der Waals surface area contributed by atoms with Gasteiger partial charge in [0, 0.05) is 51.8 Å². The van der Waals surface area contributed by atoms with Crippen molar-refractivity contribution < 1.29 is 17.9 Å². The predicted molar refractivity (Wildman–Crippen MR) is 133 cm³/mol. The second-order valence-electron chi connectivity index (χ2n) is 8.73. The van der Waals surface area contributed by atoms with Crippen molar-refractivity contribution in [1.29, 1.82) is 0 Å². The van der Waals surface area contributed by atoms with Gasteiger partial charge in [-0.15, -0.1) is 0 Å². The molecule has 10 heteroatoms. The molecule has 9 nitrogen and oxygen atoms in total. The van der Waals surface area contributed by atoms with Crippen LogP contribution in [-0.2, 0) is 23.0 Å². The van der Waals surface area contributed by atoms with Crippen molar-refractivity contribution in [3.63, 3.8) is 0 Å². The molecular formula is C25H29N5O4S. The number of nitrogens with zero attached hydrogens (tertiary/aromatic N) is 5. The lowest BCUT2D eigenvalue weighted by Crippen LogP contribution is -2.45. The van der Waals surface area contributed by atoms with Crippen LogP contribution in [-0.4, -0.2) is 74.5 Å². The Hall–Kier alpha value is -3.21. The fraction of sp³-hybridized carbons (Fsp3) is 0.360. The summed E-state index contributed by atoms with van der Waals surface area (Å²) >= 11 is 0. The van der Waals surface area contributed by atoms with E-state index in [2.05, 4.69) is 16.8 Å². The zero-order chi connectivity index (χ0) is 24.4. The molecule has 0 unspecified atom stereocenters. The standard InChI is InChI=1S/C25H29N5O4S/c1-28-13-15-29(16-14-28)25-26-23-11-12-30(35(31,32)21-9-4-3-5-10-21)18-22(23)24(27-25)34-20-8-6-7-19(17-20)33-2/h3-10,17H,11-16,18H2,1-2H3. The molecule has 2 aliphatic heterocycles. The minimum absolute atomic E-state index is 0.148. The van der Waals surface area contributed by atoms with Gasteiger partial charge in [0.25, 0.3) is 0 Å². The molecule has 0 bridgehead atoms.